The number of hydrogen-bond acceptors (Lipinski definition) is 5. The fraction of sp³-hybridized carbons (Fsp3) is 0.565. The summed E-state index contributed by atoms with van der Waals surface area (Å²) in [6.45, 7) is 14.8. The second kappa shape index (κ2) is 8.19. The second-order valence-corrected chi connectivity index (χ2v) is 9.28. The molecule has 0 bridgehead atoms. The van der Waals surface area contributed by atoms with Crippen LogP contribution in [0.25, 0.3) is 11.0 Å². The second-order valence-electron chi connectivity index (χ2n) is 9.28. The first-order valence-corrected chi connectivity index (χ1v) is 10.3. The number of carbonyl (C=O) groups is 1. The monoisotopic (exact) mass is 400 g/mol. The largest absolute Gasteiger partial charge is 0.464 e. The van der Waals surface area contributed by atoms with Crippen molar-refractivity contribution in [2.24, 2.45) is 5.92 Å². The van der Waals surface area contributed by atoms with E-state index in [0.717, 1.165) is 24.2 Å². The van der Waals surface area contributed by atoms with Crippen molar-refractivity contribution in [2.45, 2.75) is 59.7 Å². The maximum atomic E-state index is 12.5. The number of ether oxygens (including phenoxy) is 1. The SMILES string of the molecule is Cc1cc(CN2CCN(C(=O)OC(C)(C)C)C[C@@H]2C(C)C)cc2c(=O)ccoc12. The average Bonchev–Trinajstić information content (AvgIpc) is 2.61. The van der Waals surface area contributed by atoms with Crippen LogP contribution in [0.3, 0.4) is 0 Å². The summed E-state index contributed by atoms with van der Waals surface area (Å²) < 4.78 is 11.1. The van der Waals surface area contributed by atoms with Gasteiger partial charge in [-0.3, -0.25) is 9.69 Å². The Balaban J connectivity index is 1.79. The molecule has 1 saturated heterocycles. The topological polar surface area (TPSA) is 63.0 Å². The van der Waals surface area contributed by atoms with Crippen LogP contribution >= 0.6 is 0 Å². The summed E-state index contributed by atoms with van der Waals surface area (Å²) >= 11 is 0. The van der Waals surface area contributed by atoms with Crippen molar-refractivity contribution in [1.82, 2.24) is 9.80 Å². The van der Waals surface area contributed by atoms with Gasteiger partial charge in [0.1, 0.15) is 11.2 Å². The van der Waals surface area contributed by atoms with Crippen molar-refractivity contribution in [1.29, 1.82) is 0 Å². The van der Waals surface area contributed by atoms with Gasteiger partial charge in [0.2, 0.25) is 0 Å². The average molecular weight is 401 g/mol. The van der Waals surface area contributed by atoms with E-state index in [1.807, 2.05) is 38.7 Å². The Labute approximate surface area is 172 Å². The molecule has 0 spiro atoms. The first-order valence-electron chi connectivity index (χ1n) is 10.3. The molecule has 2 aromatic rings. The highest BCUT2D eigenvalue weighted by molar-refractivity contribution is 5.80. The predicted octanol–water partition coefficient (Wildman–Crippen LogP) is 4.18. The predicted molar refractivity (Wildman–Crippen MR) is 114 cm³/mol. The molecule has 1 aliphatic rings. The summed E-state index contributed by atoms with van der Waals surface area (Å²) in [6.07, 6.45) is 1.20. The van der Waals surface area contributed by atoms with Gasteiger partial charge in [0, 0.05) is 38.3 Å². The van der Waals surface area contributed by atoms with Crippen LogP contribution in [0.4, 0.5) is 4.79 Å². The third-order valence-electron chi connectivity index (χ3n) is 5.35. The smallest absolute Gasteiger partial charge is 0.410 e. The van der Waals surface area contributed by atoms with Crippen molar-refractivity contribution >= 4 is 17.1 Å². The van der Waals surface area contributed by atoms with E-state index in [0.29, 0.717) is 30.0 Å². The molecular weight excluding hydrogens is 368 g/mol. The molecule has 1 aromatic carbocycles. The lowest BCUT2D eigenvalue weighted by atomic mass is 9.98. The quantitative estimate of drug-likeness (QED) is 0.773. The molecule has 1 aromatic heterocycles. The van der Waals surface area contributed by atoms with Gasteiger partial charge in [-0.05, 0) is 50.8 Å². The Bertz CT molecular complexity index is 942. The molecule has 1 aliphatic heterocycles. The summed E-state index contributed by atoms with van der Waals surface area (Å²) in [4.78, 5) is 29.0. The van der Waals surface area contributed by atoms with Crippen molar-refractivity contribution < 1.29 is 13.9 Å². The molecule has 0 unspecified atom stereocenters. The molecular formula is C23H32N2O4. The number of benzene rings is 1. The number of nitrogens with zero attached hydrogens (tertiary/aromatic N) is 2. The van der Waals surface area contributed by atoms with Crippen molar-refractivity contribution in [3.8, 4) is 0 Å². The number of amides is 1. The van der Waals surface area contributed by atoms with E-state index < -0.39 is 5.60 Å². The summed E-state index contributed by atoms with van der Waals surface area (Å²) in [5, 5.41) is 0.621. The van der Waals surface area contributed by atoms with Gasteiger partial charge in [-0.2, -0.15) is 0 Å². The van der Waals surface area contributed by atoms with Gasteiger partial charge in [0.15, 0.2) is 5.43 Å². The maximum absolute atomic E-state index is 12.5. The van der Waals surface area contributed by atoms with Gasteiger partial charge < -0.3 is 14.1 Å². The molecule has 0 radical (unpaired) electrons. The third-order valence-corrected chi connectivity index (χ3v) is 5.35. The minimum Gasteiger partial charge on any atom is -0.464 e. The van der Waals surface area contributed by atoms with Crippen LogP contribution in [-0.2, 0) is 11.3 Å². The Hall–Kier alpha value is -2.34. The number of hydrogen-bond donors (Lipinski definition) is 0. The zero-order valence-electron chi connectivity index (χ0n) is 18.3. The van der Waals surface area contributed by atoms with Crippen LogP contribution in [0.15, 0.2) is 33.7 Å². The number of aryl methyl sites for hydroxylation is 1. The number of fused-ring (bicyclic) bond motifs is 1. The fourth-order valence-electron chi connectivity index (χ4n) is 3.94. The summed E-state index contributed by atoms with van der Waals surface area (Å²) in [5.74, 6) is 0.381. The molecule has 6 heteroatoms. The van der Waals surface area contributed by atoms with Gasteiger partial charge in [-0.1, -0.05) is 19.9 Å². The highest BCUT2D eigenvalue weighted by Crippen LogP contribution is 2.24. The Morgan fingerprint density at radius 2 is 2.00 bits per heavy atom. The minimum absolute atomic E-state index is 0.0219. The molecule has 6 nitrogen and oxygen atoms in total. The van der Waals surface area contributed by atoms with E-state index in [2.05, 4.69) is 24.8 Å². The normalized spacial score (nSPS) is 18.4. The lowest BCUT2D eigenvalue weighted by Gasteiger charge is -2.43. The number of rotatable bonds is 3. The van der Waals surface area contributed by atoms with Crippen LogP contribution in [0.5, 0.6) is 0 Å². The first kappa shape index (κ1) is 21.4. The van der Waals surface area contributed by atoms with Gasteiger partial charge in [-0.25, -0.2) is 4.79 Å². The van der Waals surface area contributed by atoms with E-state index in [1.54, 1.807) is 0 Å². The zero-order chi connectivity index (χ0) is 21.3. The zero-order valence-corrected chi connectivity index (χ0v) is 18.3. The molecule has 29 heavy (non-hydrogen) atoms. The van der Waals surface area contributed by atoms with Crippen LogP contribution in [0, 0.1) is 12.8 Å². The molecule has 0 saturated carbocycles. The number of piperazine rings is 1. The molecule has 3 rings (SSSR count). The maximum Gasteiger partial charge on any atom is 0.410 e. The van der Waals surface area contributed by atoms with Gasteiger partial charge in [0.25, 0.3) is 0 Å². The van der Waals surface area contributed by atoms with Crippen molar-refractivity contribution in [3.05, 3.63) is 45.8 Å². The molecule has 0 N–H and O–H groups in total. The Morgan fingerprint density at radius 3 is 2.66 bits per heavy atom. The van der Waals surface area contributed by atoms with Crippen LogP contribution < -0.4 is 5.43 Å². The molecule has 1 fully saturated rings. The third kappa shape index (κ3) is 4.99. The Kier molecular flexibility index (Phi) is 6.03. The van der Waals surface area contributed by atoms with Gasteiger partial charge in [-0.15, -0.1) is 0 Å². The summed E-state index contributed by atoms with van der Waals surface area (Å²) in [5.41, 5.74) is 2.18. The molecule has 1 amide bonds. The minimum atomic E-state index is -0.495. The van der Waals surface area contributed by atoms with Gasteiger partial charge in [0.05, 0.1) is 11.6 Å². The van der Waals surface area contributed by atoms with Crippen molar-refractivity contribution in [2.75, 3.05) is 19.6 Å². The fourth-order valence-corrected chi connectivity index (χ4v) is 3.94. The molecule has 2 heterocycles. The standard InChI is InChI=1S/C23H32N2O4/c1-15(2)19-14-25(22(27)29-23(4,5)6)9-8-24(19)13-17-11-16(3)21-18(12-17)20(26)7-10-28-21/h7,10-12,15,19H,8-9,13-14H2,1-6H3/t19-/m1/s1. The first-order chi connectivity index (χ1) is 13.5. The van der Waals surface area contributed by atoms with Crippen LogP contribution in [0.1, 0.15) is 45.7 Å². The van der Waals surface area contributed by atoms with Gasteiger partial charge >= 0.3 is 6.09 Å². The molecule has 1 atom stereocenters. The lowest BCUT2D eigenvalue weighted by Crippen LogP contribution is -2.56. The van der Waals surface area contributed by atoms with Crippen LogP contribution in [-0.4, -0.2) is 47.2 Å². The van der Waals surface area contributed by atoms with E-state index in [-0.39, 0.29) is 17.6 Å². The lowest BCUT2D eigenvalue weighted by molar-refractivity contribution is -0.00426. The van der Waals surface area contributed by atoms with E-state index in [1.165, 1.54) is 12.3 Å². The van der Waals surface area contributed by atoms with Crippen LogP contribution in [0.2, 0.25) is 0 Å². The van der Waals surface area contributed by atoms with E-state index in [9.17, 15) is 9.59 Å². The highest BCUT2D eigenvalue weighted by atomic mass is 16.6. The Morgan fingerprint density at radius 1 is 1.28 bits per heavy atom. The summed E-state index contributed by atoms with van der Waals surface area (Å²) in [6, 6.07) is 5.70. The molecule has 0 aliphatic carbocycles. The van der Waals surface area contributed by atoms with E-state index in [4.69, 9.17) is 9.15 Å². The van der Waals surface area contributed by atoms with E-state index >= 15 is 0 Å². The molecule has 158 valence electrons. The summed E-state index contributed by atoms with van der Waals surface area (Å²) in [7, 11) is 0. The number of carbonyl (C=O) groups excluding carboxylic acids is 1. The van der Waals surface area contributed by atoms with Crippen molar-refractivity contribution in [3.63, 3.8) is 0 Å². The highest BCUT2D eigenvalue weighted by Gasteiger charge is 2.33.